The lowest BCUT2D eigenvalue weighted by atomic mass is 10.0. The molecule has 8 nitrogen and oxygen atoms in total. The van der Waals surface area contributed by atoms with Gasteiger partial charge in [-0.2, -0.15) is 5.10 Å². The number of amides is 1. The van der Waals surface area contributed by atoms with Crippen molar-refractivity contribution in [3.63, 3.8) is 0 Å². The Bertz CT molecular complexity index is 1120. The van der Waals surface area contributed by atoms with E-state index >= 15 is 0 Å². The van der Waals surface area contributed by atoms with E-state index in [-0.39, 0.29) is 24.8 Å². The number of rotatable bonds is 6. The number of carbonyl (C=O) groups is 2. The molecule has 0 atom stereocenters. The van der Waals surface area contributed by atoms with E-state index in [2.05, 4.69) is 5.10 Å². The number of esters is 1. The Balaban J connectivity index is 1.70. The highest BCUT2D eigenvalue weighted by Crippen LogP contribution is 2.29. The van der Waals surface area contributed by atoms with E-state index in [4.69, 9.17) is 14.2 Å². The van der Waals surface area contributed by atoms with Gasteiger partial charge in [0.25, 0.3) is 5.91 Å². The molecule has 4 rings (SSSR count). The van der Waals surface area contributed by atoms with Gasteiger partial charge in [0.15, 0.2) is 5.69 Å². The lowest BCUT2D eigenvalue weighted by molar-refractivity contribution is 0.0513. The Kier molecular flexibility index (Phi) is 6.11. The molecule has 0 fully saturated rings. The molecule has 2 heterocycles. The molecule has 0 aliphatic carbocycles. The summed E-state index contributed by atoms with van der Waals surface area (Å²) in [6.45, 7) is 2.75. The Morgan fingerprint density at radius 3 is 2.34 bits per heavy atom. The molecule has 0 unspecified atom stereocenters. The molecule has 0 saturated carbocycles. The van der Waals surface area contributed by atoms with Gasteiger partial charge >= 0.3 is 5.97 Å². The predicted molar refractivity (Wildman–Crippen MR) is 118 cm³/mol. The Hall–Kier alpha value is -3.81. The molecule has 0 radical (unpaired) electrons. The summed E-state index contributed by atoms with van der Waals surface area (Å²) in [5.74, 6) is 0.412. The number of benzene rings is 2. The number of ether oxygens (including phenoxy) is 3. The first kappa shape index (κ1) is 21.4. The number of methoxy groups -OCH3 is 2. The Labute approximate surface area is 186 Å². The highest BCUT2D eigenvalue weighted by atomic mass is 16.5. The average molecular weight is 435 g/mol. The summed E-state index contributed by atoms with van der Waals surface area (Å²) >= 11 is 0. The van der Waals surface area contributed by atoms with Crippen LogP contribution in [0.2, 0.25) is 0 Å². The van der Waals surface area contributed by atoms with Crippen LogP contribution in [0.5, 0.6) is 11.5 Å². The van der Waals surface area contributed by atoms with Crippen LogP contribution < -0.4 is 9.47 Å². The van der Waals surface area contributed by atoms with Crippen molar-refractivity contribution in [2.45, 2.75) is 19.9 Å². The van der Waals surface area contributed by atoms with Gasteiger partial charge in [0, 0.05) is 30.2 Å². The maximum Gasteiger partial charge on any atom is 0.359 e. The quantitative estimate of drug-likeness (QED) is 0.553. The van der Waals surface area contributed by atoms with E-state index in [0.717, 1.165) is 11.4 Å². The van der Waals surface area contributed by atoms with E-state index in [0.29, 0.717) is 35.6 Å². The summed E-state index contributed by atoms with van der Waals surface area (Å²) in [6, 6.07) is 14.7. The zero-order chi connectivity index (χ0) is 22.7. The van der Waals surface area contributed by atoms with Crippen LogP contribution >= 0.6 is 0 Å². The third kappa shape index (κ3) is 4.03. The van der Waals surface area contributed by atoms with Crippen LogP contribution in [-0.2, 0) is 17.7 Å². The molecule has 0 bridgehead atoms. The first-order valence-electron chi connectivity index (χ1n) is 10.4. The lowest BCUT2D eigenvalue weighted by Crippen LogP contribution is -2.36. The molecular formula is C24H25N3O5. The normalized spacial score (nSPS) is 12.8. The van der Waals surface area contributed by atoms with Crippen molar-refractivity contribution >= 4 is 11.9 Å². The summed E-state index contributed by atoms with van der Waals surface area (Å²) in [5.41, 5.74) is 3.18. The molecule has 1 aliphatic heterocycles. The molecule has 0 saturated heterocycles. The van der Waals surface area contributed by atoms with Crippen molar-refractivity contribution in [2.24, 2.45) is 0 Å². The summed E-state index contributed by atoms with van der Waals surface area (Å²) in [4.78, 5) is 27.6. The summed E-state index contributed by atoms with van der Waals surface area (Å²) in [7, 11) is 3.08. The zero-order valence-electron chi connectivity index (χ0n) is 18.3. The van der Waals surface area contributed by atoms with E-state index in [1.807, 2.05) is 30.3 Å². The van der Waals surface area contributed by atoms with Crippen molar-refractivity contribution in [1.29, 1.82) is 0 Å². The second kappa shape index (κ2) is 9.13. The number of aromatic nitrogens is 2. The summed E-state index contributed by atoms with van der Waals surface area (Å²) in [6.07, 6.45) is 0.559. The van der Waals surface area contributed by atoms with Crippen molar-refractivity contribution < 1.29 is 23.8 Å². The van der Waals surface area contributed by atoms with E-state index < -0.39 is 5.97 Å². The maximum absolute atomic E-state index is 13.3. The molecule has 3 aromatic rings. The van der Waals surface area contributed by atoms with Crippen LogP contribution in [0.1, 0.15) is 39.0 Å². The second-order valence-electron chi connectivity index (χ2n) is 7.32. The van der Waals surface area contributed by atoms with Crippen molar-refractivity contribution in [2.75, 3.05) is 27.4 Å². The zero-order valence-corrected chi connectivity index (χ0v) is 18.3. The predicted octanol–water partition coefficient (Wildman–Crippen LogP) is 3.26. The van der Waals surface area contributed by atoms with Gasteiger partial charge in [-0.3, -0.25) is 4.79 Å². The minimum absolute atomic E-state index is 0.171. The highest BCUT2D eigenvalue weighted by molar-refractivity contribution is 5.96. The summed E-state index contributed by atoms with van der Waals surface area (Å²) in [5, 5.41) is 4.57. The fraction of sp³-hybridized carbons (Fsp3) is 0.292. The molecule has 0 spiro atoms. The average Bonchev–Trinajstić information content (AvgIpc) is 3.23. The largest absolute Gasteiger partial charge is 0.497 e. The molecule has 0 N–H and O–H groups in total. The lowest BCUT2D eigenvalue weighted by Gasteiger charge is -2.28. The van der Waals surface area contributed by atoms with Crippen molar-refractivity contribution in [1.82, 2.24) is 14.7 Å². The Morgan fingerprint density at radius 1 is 1.03 bits per heavy atom. The van der Waals surface area contributed by atoms with Gasteiger partial charge in [-0.25, -0.2) is 9.48 Å². The third-order valence-corrected chi connectivity index (χ3v) is 5.41. The standard InChI is InChI=1S/C24H25N3O5/c1-4-32-24(29)22-20-15-26(23(28)16-12-18(30-2)14-19(13-16)31-3)11-10-21(20)27(25-22)17-8-6-5-7-9-17/h5-9,12-14H,4,10-11,15H2,1-3H3. The van der Waals surface area contributed by atoms with Crippen LogP contribution in [0.15, 0.2) is 48.5 Å². The molecule has 8 heteroatoms. The van der Waals surface area contributed by atoms with Crippen molar-refractivity contribution in [3.8, 4) is 17.2 Å². The number of nitrogens with zero attached hydrogens (tertiary/aromatic N) is 3. The number of para-hydroxylation sites is 1. The molecule has 1 aromatic heterocycles. The summed E-state index contributed by atoms with van der Waals surface area (Å²) < 4.78 is 17.6. The van der Waals surface area contributed by atoms with Crippen LogP contribution in [-0.4, -0.2) is 53.9 Å². The number of carbonyl (C=O) groups excluding carboxylic acids is 2. The third-order valence-electron chi connectivity index (χ3n) is 5.41. The van der Waals surface area contributed by atoms with Crippen LogP contribution in [0.25, 0.3) is 5.69 Å². The first-order chi connectivity index (χ1) is 15.5. The van der Waals surface area contributed by atoms with Gasteiger partial charge in [0.05, 0.1) is 38.8 Å². The van der Waals surface area contributed by atoms with Gasteiger partial charge in [-0.05, 0) is 31.2 Å². The van der Waals surface area contributed by atoms with Crippen molar-refractivity contribution in [3.05, 3.63) is 71.0 Å². The van der Waals surface area contributed by atoms with Gasteiger partial charge in [0.2, 0.25) is 0 Å². The van der Waals surface area contributed by atoms with Gasteiger partial charge < -0.3 is 19.1 Å². The number of fused-ring (bicyclic) bond motifs is 1. The minimum atomic E-state index is -0.490. The fourth-order valence-electron chi connectivity index (χ4n) is 3.85. The van der Waals surface area contributed by atoms with Crippen LogP contribution in [0.3, 0.4) is 0 Å². The highest BCUT2D eigenvalue weighted by Gasteiger charge is 2.31. The molecular weight excluding hydrogens is 410 g/mol. The SMILES string of the molecule is CCOC(=O)c1nn(-c2ccccc2)c2c1CN(C(=O)c1cc(OC)cc(OC)c1)CC2. The van der Waals surface area contributed by atoms with E-state index in [9.17, 15) is 9.59 Å². The number of hydrogen-bond acceptors (Lipinski definition) is 6. The monoisotopic (exact) mass is 435 g/mol. The van der Waals surface area contributed by atoms with E-state index in [1.54, 1.807) is 48.9 Å². The van der Waals surface area contributed by atoms with Crippen LogP contribution in [0, 0.1) is 0 Å². The molecule has 1 amide bonds. The topological polar surface area (TPSA) is 82.9 Å². The van der Waals surface area contributed by atoms with Gasteiger partial charge in [-0.15, -0.1) is 0 Å². The van der Waals surface area contributed by atoms with E-state index in [1.165, 1.54) is 0 Å². The molecule has 2 aromatic carbocycles. The van der Waals surface area contributed by atoms with Gasteiger partial charge in [-0.1, -0.05) is 18.2 Å². The Morgan fingerprint density at radius 2 is 1.72 bits per heavy atom. The molecule has 1 aliphatic rings. The number of hydrogen-bond donors (Lipinski definition) is 0. The van der Waals surface area contributed by atoms with Crippen LogP contribution in [0.4, 0.5) is 0 Å². The molecule has 166 valence electrons. The molecule has 32 heavy (non-hydrogen) atoms. The second-order valence-corrected chi connectivity index (χ2v) is 7.32. The minimum Gasteiger partial charge on any atom is -0.497 e. The first-order valence-corrected chi connectivity index (χ1v) is 10.4. The fourth-order valence-corrected chi connectivity index (χ4v) is 3.85. The van der Waals surface area contributed by atoms with Gasteiger partial charge in [0.1, 0.15) is 11.5 Å². The maximum atomic E-state index is 13.3. The smallest absolute Gasteiger partial charge is 0.359 e.